The Morgan fingerprint density at radius 3 is 2.76 bits per heavy atom. The third-order valence-electron chi connectivity index (χ3n) is 2.73. The molecule has 17 heavy (non-hydrogen) atoms. The van der Waals surface area contributed by atoms with E-state index in [1.807, 2.05) is 25.1 Å². The van der Waals surface area contributed by atoms with Crippen LogP contribution in [0.3, 0.4) is 0 Å². The van der Waals surface area contributed by atoms with Crippen LogP contribution in [0.5, 0.6) is 0 Å². The Morgan fingerprint density at radius 1 is 1.12 bits per heavy atom. The van der Waals surface area contributed by atoms with E-state index < -0.39 is 11.2 Å². The molecule has 0 fully saturated rings. The van der Waals surface area contributed by atoms with Gasteiger partial charge in [-0.1, -0.05) is 11.6 Å². The Bertz CT molecular complexity index is 846. The number of aromatic nitrogens is 3. The Kier molecular flexibility index (Phi) is 1.89. The highest BCUT2D eigenvalue weighted by Crippen LogP contribution is 2.19. The molecule has 0 saturated heterocycles. The molecule has 2 aromatic heterocycles. The van der Waals surface area contributed by atoms with E-state index in [0.29, 0.717) is 10.9 Å². The maximum absolute atomic E-state index is 11.6. The zero-order chi connectivity index (χ0) is 12.0. The number of nitrogens with zero attached hydrogens (tertiary/aromatic N) is 1. The van der Waals surface area contributed by atoms with Gasteiger partial charge >= 0.3 is 5.69 Å². The lowest BCUT2D eigenvalue weighted by Gasteiger charge is -2.02. The predicted octanol–water partition coefficient (Wildman–Crippen LogP) is 1.07. The van der Waals surface area contributed by atoms with Crippen LogP contribution in [-0.2, 0) is 0 Å². The number of aryl methyl sites for hydroxylation is 1. The van der Waals surface area contributed by atoms with Gasteiger partial charge in [0, 0.05) is 11.6 Å². The van der Waals surface area contributed by atoms with Crippen molar-refractivity contribution in [3.63, 3.8) is 0 Å². The van der Waals surface area contributed by atoms with Gasteiger partial charge in [0.15, 0.2) is 0 Å². The maximum Gasteiger partial charge on any atom is 0.326 e. The molecule has 3 aromatic rings. The van der Waals surface area contributed by atoms with Crippen molar-refractivity contribution in [2.75, 3.05) is 0 Å². The molecular weight excluding hydrogens is 218 g/mol. The third-order valence-corrected chi connectivity index (χ3v) is 2.73. The van der Waals surface area contributed by atoms with Crippen LogP contribution in [0.2, 0.25) is 0 Å². The van der Waals surface area contributed by atoms with Crippen LogP contribution in [0.4, 0.5) is 0 Å². The van der Waals surface area contributed by atoms with Crippen molar-refractivity contribution in [1.29, 1.82) is 0 Å². The second-order valence-electron chi connectivity index (χ2n) is 3.98. The molecule has 5 nitrogen and oxygen atoms in total. The standard InChI is InChI=1S/C12H9N3O2/c1-6-2-3-9-7(4-6)10-8(5-13-9)11(16)15-12(17)14-10/h2-5H,1H3,(H2,14,15,16,17). The summed E-state index contributed by atoms with van der Waals surface area (Å²) >= 11 is 0. The minimum atomic E-state index is -0.503. The fourth-order valence-electron chi connectivity index (χ4n) is 1.93. The highest BCUT2D eigenvalue weighted by atomic mass is 16.2. The fraction of sp³-hybridized carbons (Fsp3) is 0.0833. The van der Waals surface area contributed by atoms with E-state index in [1.165, 1.54) is 6.20 Å². The molecule has 1 aromatic carbocycles. The zero-order valence-corrected chi connectivity index (χ0v) is 9.07. The molecule has 0 bridgehead atoms. The first-order chi connectivity index (χ1) is 8.15. The Morgan fingerprint density at radius 2 is 1.94 bits per heavy atom. The molecule has 0 aliphatic heterocycles. The lowest BCUT2D eigenvalue weighted by Crippen LogP contribution is -2.22. The fourth-order valence-corrected chi connectivity index (χ4v) is 1.93. The number of H-pyrrole nitrogens is 2. The van der Waals surface area contributed by atoms with Gasteiger partial charge in [-0.2, -0.15) is 0 Å². The maximum atomic E-state index is 11.6. The van der Waals surface area contributed by atoms with Gasteiger partial charge in [0.1, 0.15) is 0 Å². The van der Waals surface area contributed by atoms with Crippen molar-refractivity contribution in [3.8, 4) is 0 Å². The van der Waals surface area contributed by atoms with E-state index in [9.17, 15) is 9.59 Å². The minimum Gasteiger partial charge on any atom is -0.306 e. The van der Waals surface area contributed by atoms with E-state index in [2.05, 4.69) is 15.0 Å². The molecule has 2 N–H and O–H groups in total. The summed E-state index contributed by atoms with van der Waals surface area (Å²) < 4.78 is 0. The number of benzene rings is 1. The monoisotopic (exact) mass is 227 g/mol. The van der Waals surface area contributed by atoms with Crippen molar-refractivity contribution in [2.24, 2.45) is 0 Å². The van der Waals surface area contributed by atoms with E-state index in [1.54, 1.807) is 0 Å². The normalized spacial score (nSPS) is 11.1. The molecule has 0 saturated carbocycles. The average Bonchev–Trinajstić information content (AvgIpc) is 2.28. The van der Waals surface area contributed by atoms with E-state index >= 15 is 0 Å². The molecule has 0 aliphatic carbocycles. The van der Waals surface area contributed by atoms with Gasteiger partial charge in [0.05, 0.1) is 16.4 Å². The van der Waals surface area contributed by atoms with Gasteiger partial charge in [-0.15, -0.1) is 0 Å². The number of hydrogen-bond acceptors (Lipinski definition) is 3. The van der Waals surface area contributed by atoms with Crippen LogP contribution in [0.1, 0.15) is 5.56 Å². The topological polar surface area (TPSA) is 78.6 Å². The van der Waals surface area contributed by atoms with Gasteiger partial charge in [0.25, 0.3) is 5.56 Å². The molecule has 2 heterocycles. The molecule has 0 atom stereocenters. The van der Waals surface area contributed by atoms with Crippen LogP contribution in [0.15, 0.2) is 34.0 Å². The van der Waals surface area contributed by atoms with E-state index in [-0.39, 0.29) is 0 Å². The smallest absolute Gasteiger partial charge is 0.306 e. The predicted molar refractivity (Wildman–Crippen MR) is 65.2 cm³/mol. The van der Waals surface area contributed by atoms with Crippen molar-refractivity contribution >= 4 is 21.8 Å². The summed E-state index contributed by atoms with van der Waals surface area (Å²) in [6.45, 7) is 1.95. The lowest BCUT2D eigenvalue weighted by atomic mass is 10.1. The molecule has 0 amide bonds. The molecule has 0 radical (unpaired) electrons. The molecule has 0 spiro atoms. The van der Waals surface area contributed by atoms with Crippen LogP contribution < -0.4 is 11.2 Å². The summed E-state index contributed by atoms with van der Waals surface area (Å²) in [5.41, 5.74) is 1.42. The van der Waals surface area contributed by atoms with Gasteiger partial charge < -0.3 is 4.98 Å². The average molecular weight is 227 g/mol. The van der Waals surface area contributed by atoms with Crippen LogP contribution in [0, 0.1) is 6.92 Å². The first-order valence-electron chi connectivity index (χ1n) is 5.17. The first kappa shape index (κ1) is 9.77. The quantitative estimate of drug-likeness (QED) is 0.564. The SMILES string of the molecule is Cc1ccc2ncc3c(=O)[nH]c(=O)[nH]c3c2c1. The summed E-state index contributed by atoms with van der Waals surface area (Å²) in [5, 5.41) is 1.17. The molecular formula is C12H9N3O2. The number of hydrogen-bond donors (Lipinski definition) is 2. The molecule has 84 valence electrons. The van der Waals surface area contributed by atoms with Gasteiger partial charge in [0.2, 0.25) is 0 Å². The first-order valence-corrected chi connectivity index (χ1v) is 5.17. The molecule has 0 aliphatic rings. The lowest BCUT2D eigenvalue weighted by molar-refractivity contribution is 1.08. The Balaban J connectivity index is 2.67. The van der Waals surface area contributed by atoms with Gasteiger partial charge in [-0.05, 0) is 19.1 Å². The van der Waals surface area contributed by atoms with Crippen molar-refractivity contribution in [3.05, 3.63) is 50.8 Å². The van der Waals surface area contributed by atoms with E-state index in [4.69, 9.17) is 0 Å². The van der Waals surface area contributed by atoms with Gasteiger partial charge in [-0.25, -0.2) is 4.79 Å². The summed E-state index contributed by atoms with van der Waals surface area (Å²) in [4.78, 5) is 31.9. The molecule has 5 heteroatoms. The number of aromatic amines is 2. The summed E-state index contributed by atoms with van der Waals surface area (Å²) in [7, 11) is 0. The minimum absolute atomic E-state index is 0.391. The molecule has 0 unspecified atom stereocenters. The second kappa shape index (κ2) is 3.28. The number of fused-ring (bicyclic) bond motifs is 3. The summed E-state index contributed by atoms with van der Waals surface area (Å²) in [6.07, 6.45) is 1.47. The van der Waals surface area contributed by atoms with Gasteiger partial charge in [-0.3, -0.25) is 14.8 Å². The highest BCUT2D eigenvalue weighted by molar-refractivity contribution is 6.02. The Hall–Kier alpha value is -2.43. The highest BCUT2D eigenvalue weighted by Gasteiger charge is 2.06. The van der Waals surface area contributed by atoms with Crippen molar-refractivity contribution in [1.82, 2.24) is 15.0 Å². The zero-order valence-electron chi connectivity index (χ0n) is 9.07. The largest absolute Gasteiger partial charge is 0.326 e. The van der Waals surface area contributed by atoms with E-state index in [0.717, 1.165) is 16.5 Å². The number of pyridine rings is 1. The third kappa shape index (κ3) is 1.44. The van der Waals surface area contributed by atoms with Crippen molar-refractivity contribution in [2.45, 2.75) is 6.92 Å². The second-order valence-corrected chi connectivity index (χ2v) is 3.98. The Labute approximate surface area is 95.1 Å². The summed E-state index contributed by atoms with van der Waals surface area (Å²) in [6, 6.07) is 5.70. The number of rotatable bonds is 0. The van der Waals surface area contributed by atoms with Crippen LogP contribution >= 0.6 is 0 Å². The number of nitrogens with one attached hydrogen (secondary N) is 2. The molecule has 3 rings (SSSR count). The van der Waals surface area contributed by atoms with Crippen molar-refractivity contribution < 1.29 is 0 Å². The summed E-state index contributed by atoms with van der Waals surface area (Å²) in [5.74, 6) is 0. The van der Waals surface area contributed by atoms with Crippen LogP contribution in [-0.4, -0.2) is 15.0 Å². The van der Waals surface area contributed by atoms with Crippen LogP contribution in [0.25, 0.3) is 21.8 Å².